The topological polar surface area (TPSA) is 32.3 Å². The van der Waals surface area contributed by atoms with Crippen molar-refractivity contribution in [2.24, 2.45) is 0 Å². The minimum atomic E-state index is -0.0757. The number of thiocarbonyl (C=S) groups is 1. The lowest BCUT2D eigenvalue weighted by atomic mass is 10.1. The molecule has 1 saturated carbocycles. The Bertz CT molecular complexity index is 314. The van der Waals surface area contributed by atoms with E-state index in [2.05, 4.69) is 11.6 Å². The number of nitrogens with one attached hydrogen (secondary N) is 1. The molecular formula is C13H22N2OS2. The Morgan fingerprint density at radius 1 is 1.33 bits per heavy atom. The van der Waals surface area contributed by atoms with Crippen molar-refractivity contribution in [1.29, 1.82) is 0 Å². The normalized spacial score (nSPS) is 26.3. The Morgan fingerprint density at radius 3 is 2.61 bits per heavy atom. The van der Waals surface area contributed by atoms with E-state index in [0.29, 0.717) is 11.2 Å². The summed E-state index contributed by atoms with van der Waals surface area (Å²) in [6.45, 7) is 0. The van der Waals surface area contributed by atoms with E-state index in [9.17, 15) is 4.79 Å². The van der Waals surface area contributed by atoms with Gasteiger partial charge in [-0.05, 0) is 43.5 Å². The fourth-order valence-electron chi connectivity index (χ4n) is 2.84. The molecule has 0 aromatic carbocycles. The number of thioether (sulfide) groups is 1. The summed E-state index contributed by atoms with van der Waals surface area (Å²) in [7, 11) is 0. The lowest BCUT2D eigenvalue weighted by Crippen LogP contribution is -2.40. The van der Waals surface area contributed by atoms with Gasteiger partial charge in [0.15, 0.2) is 5.11 Å². The van der Waals surface area contributed by atoms with Gasteiger partial charge in [0.1, 0.15) is 6.04 Å². The highest BCUT2D eigenvalue weighted by Gasteiger charge is 2.38. The molecule has 5 heteroatoms. The minimum absolute atomic E-state index is 0.0757. The molecule has 2 aliphatic rings. The van der Waals surface area contributed by atoms with Crippen LogP contribution in [0, 0.1) is 0 Å². The van der Waals surface area contributed by atoms with Crippen molar-refractivity contribution in [3.05, 3.63) is 0 Å². The van der Waals surface area contributed by atoms with Crippen LogP contribution in [0.1, 0.15) is 44.9 Å². The molecule has 18 heavy (non-hydrogen) atoms. The highest BCUT2D eigenvalue weighted by molar-refractivity contribution is 7.98. The average Bonchev–Trinajstić information content (AvgIpc) is 2.58. The van der Waals surface area contributed by atoms with Crippen molar-refractivity contribution in [3.63, 3.8) is 0 Å². The van der Waals surface area contributed by atoms with E-state index < -0.39 is 0 Å². The molecule has 1 aliphatic heterocycles. The number of amides is 1. The van der Waals surface area contributed by atoms with Crippen LogP contribution in [0.5, 0.6) is 0 Å². The summed E-state index contributed by atoms with van der Waals surface area (Å²) < 4.78 is 0. The third-order valence-electron chi connectivity index (χ3n) is 3.85. The third kappa shape index (κ3) is 3.18. The van der Waals surface area contributed by atoms with Crippen LogP contribution in [0.25, 0.3) is 0 Å². The largest absolute Gasteiger partial charge is 0.350 e. The second-order valence-corrected chi connectivity index (χ2v) is 6.51. The molecule has 0 aromatic heterocycles. The van der Waals surface area contributed by atoms with Gasteiger partial charge in [0.2, 0.25) is 0 Å². The Hall–Kier alpha value is -0.290. The van der Waals surface area contributed by atoms with Gasteiger partial charge in [-0.25, -0.2) is 0 Å². The molecule has 102 valence electrons. The van der Waals surface area contributed by atoms with Crippen LogP contribution in [-0.4, -0.2) is 40.0 Å². The molecule has 1 amide bonds. The van der Waals surface area contributed by atoms with Crippen LogP contribution in [0.2, 0.25) is 0 Å². The lowest BCUT2D eigenvalue weighted by Gasteiger charge is -2.25. The Morgan fingerprint density at radius 2 is 2.00 bits per heavy atom. The van der Waals surface area contributed by atoms with Gasteiger partial charge in [-0.3, -0.25) is 9.69 Å². The maximum atomic E-state index is 12.4. The zero-order valence-electron chi connectivity index (χ0n) is 11.0. The molecule has 1 unspecified atom stereocenters. The SMILES string of the molecule is CSCCC1NC(=S)N(C2CCCCCC2)C1=O. The summed E-state index contributed by atoms with van der Waals surface area (Å²) in [5.41, 5.74) is 0. The van der Waals surface area contributed by atoms with Gasteiger partial charge >= 0.3 is 0 Å². The van der Waals surface area contributed by atoms with Crippen LogP contribution in [0.4, 0.5) is 0 Å². The van der Waals surface area contributed by atoms with Crippen LogP contribution < -0.4 is 5.32 Å². The molecule has 1 atom stereocenters. The molecule has 0 bridgehead atoms. The predicted octanol–water partition coefficient (Wildman–Crippen LogP) is 2.55. The maximum absolute atomic E-state index is 12.4. The number of hydrogen-bond donors (Lipinski definition) is 1. The fraction of sp³-hybridized carbons (Fsp3) is 0.846. The lowest BCUT2D eigenvalue weighted by molar-refractivity contribution is -0.128. The first kappa shape index (κ1) is 14.1. The molecule has 1 saturated heterocycles. The molecule has 0 radical (unpaired) electrons. The third-order valence-corrected chi connectivity index (χ3v) is 4.81. The number of carbonyl (C=O) groups excluding carboxylic acids is 1. The van der Waals surface area contributed by atoms with Gasteiger partial charge in [0, 0.05) is 6.04 Å². The Balaban J connectivity index is 1.99. The number of rotatable bonds is 4. The molecule has 2 rings (SSSR count). The van der Waals surface area contributed by atoms with E-state index in [1.807, 2.05) is 4.90 Å². The van der Waals surface area contributed by atoms with Crippen LogP contribution in [-0.2, 0) is 4.79 Å². The second-order valence-electron chi connectivity index (χ2n) is 5.14. The molecule has 3 nitrogen and oxygen atoms in total. The predicted molar refractivity (Wildman–Crippen MR) is 80.9 cm³/mol. The van der Waals surface area contributed by atoms with E-state index in [0.717, 1.165) is 25.0 Å². The van der Waals surface area contributed by atoms with Crippen LogP contribution in [0.3, 0.4) is 0 Å². The summed E-state index contributed by atoms with van der Waals surface area (Å²) in [6.07, 6.45) is 10.2. The van der Waals surface area contributed by atoms with E-state index in [1.165, 1.54) is 25.7 Å². The van der Waals surface area contributed by atoms with Crippen molar-refractivity contribution >= 4 is 35.0 Å². The summed E-state index contributed by atoms with van der Waals surface area (Å²) in [6, 6.07) is 0.271. The van der Waals surface area contributed by atoms with Crippen molar-refractivity contribution in [3.8, 4) is 0 Å². The molecule has 1 aliphatic carbocycles. The molecule has 1 N–H and O–H groups in total. The van der Waals surface area contributed by atoms with Gasteiger partial charge in [-0.1, -0.05) is 25.7 Å². The molecular weight excluding hydrogens is 264 g/mol. The Labute approximate surface area is 119 Å². The van der Waals surface area contributed by atoms with Crippen molar-refractivity contribution in [2.45, 2.75) is 57.0 Å². The first-order valence-electron chi connectivity index (χ1n) is 6.86. The quantitative estimate of drug-likeness (QED) is 0.636. The van der Waals surface area contributed by atoms with Crippen molar-refractivity contribution in [1.82, 2.24) is 10.2 Å². The van der Waals surface area contributed by atoms with E-state index in [4.69, 9.17) is 12.2 Å². The number of hydrogen-bond acceptors (Lipinski definition) is 3. The van der Waals surface area contributed by atoms with Crippen molar-refractivity contribution in [2.75, 3.05) is 12.0 Å². The van der Waals surface area contributed by atoms with Gasteiger partial charge < -0.3 is 5.32 Å². The number of nitrogens with zero attached hydrogens (tertiary/aromatic N) is 1. The standard InChI is InChI=1S/C13H22N2OS2/c1-18-9-8-11-12(16)15(13(17)14-11)10-6-4-2-3-5-7-10/h10-11H,2-9H2,1H3,(H,14,17). The molecule has 2 fully saturated rings. The fourth-order valence-corrected chi connectivity index (χ4v) is 3.69. The molecule has 0 aromatic rings. The summed E-state index contributed by atoms with van der Waals surface area (Å²) in [4.78, 5) is 14.3. The summed E-state index contributed by atoms with van der Waals surface area (Å²) in [5, 5.41) is 3.87. The van der Waals surface area contributed by atoms with E-state index in [1.54, 1.807) is 11.8 Å². The highest BCUT2D eigenvalue weighted by Crippen LogP contribution is 2.25. The van der Waals surface area contributed by atoms with E-state index in [-0.39, 0.29) is 11.9 Å². The van der Waals surface area contributed by atoms with E-state index >= 15 is 0 Å². The monoisotopic (exact) mass is 286 g/mol. The summed E-state index contributed by atoms with van der Waals surface area (Å²) >= 11 is 7.14. The molecule has 1 heterocycles. The number of carbonyl (C=O) groups is 1. The molecule has 0 spiro atoms. The van der Waals surface area contributed by atoms with Crippen molar-refractivity contribution < 1.29 is 4.79 Å². The highest BCUT2D eigenvalue weighted by atomic mass is 32.2. The van der Waals surface area contributed by atoms with Crippen LogP contribution in [0.15, 0.2) is 0 Å². The zero-order valence-corrected chi connectivity index (χ0v) is 12.6. The average molecular weight is 286 g/mol. The smallest absolute Gasteiger partial charge is 0.251 e. The zero-order chi connectivity index (χ0) is 13.0. The van der Waals surface area contributed by atoms with Gasteiger partial charge in [0.25, 0.3) is 5.91 Å². The minimum Gasteiger partial charge on any atom is -0.350 e. The van der Waals surface area contributed by atoms with Crippen LogP contribution >= 0.6 is 24.0 Å². The van der Waals surface area contributed by atoms with Gasteiger partial charge in [-0.2, -0.15) is 11.8 Å². The van der Waals surface area contributed by atoms with Gasteiger partial charge in [-0.15, -0.1) is 0 Å². The Kier molecular flexibility index (Phi) is 5.30. The second kappa shape index (κ2) is 6.75. The maximum Gasteiger partial charge on any atom is 0.251 e. The van der Waals surface area contributed by atoms with Gasteiger partial charge in [0.05, 0.1) is 0 Å². The first-order chi connectivity index (χ1) is 8.74. The first-order valence-corrected chi connectivity index (χ1v) is 8.66. The summed E-state index contributed by atoms with van der Waals surface area (Å²) in [5.74, 6) is 1.21.